The van der Waals surface area contributed by atoms with E-state index in [1.807, 2.05) is 13.3 Å². The SMILES string of the molecule is CCC1[C@@H](C)C1(C)c1cc(C)cc(C(C)(CC)Pc2ccccc2C=NC)c1OCOC. The van der Waals surface area contributed by atoms with Crippen LogP contribution in [0.25, 0.3) is 0 Å². The molecule has 0 heterocycles. The largest absolute Gasteiger partial charge is 0.467 e. The molecule has 0 bridgehead atoms. The van der Waals surface area contributed by atoms with Crippen molar-refractivity contribution in [2.75, 3.05) is 21.0 Å². The summed E-state index contributed by atoms with van der Waals surface area (Å²) >= 11 is 0. The Morgan fingerprint density at radius 2 is 1.94 bits per heavy atom. The minimum absolute atomic E-state index is 0.0439. The van der Waals surface area contributed by atoms with Crippen LogP contribution in [0.2, 0.25) is 0 Å². The van der Waals surface area contributed by atoms with Gasteiger partial charge in [0.15, 0.2) is 6.79 Å². The first kappa shape index (κ1) is 24.9. The third kappa shape index (κ3) is 4.52. The highest BCUT2D eigenvalue weighted by atomic mass is 31.1. The molecule has 1 fully saturated rings. The van der Waals surface area contributed by atoms with Crippen LogP contribution in [0.5, 0.6) is 5.75 Å². The van der Waals surface area contributed by atoms with Crippen molar-refractivity contribution < 1.29 is 9.47 Å². The standard InChI is InChI=1S/C28H40NO2P/c1-9-22-20(4)28(22,6)24-16-19(3)15-23(26(24)31-18-30-8)27(5,10-2)32-25-14-12-11-13-21(25)17-29-7/h11-17,20,22,32H,9-10,18H2,1-8H3/t20-,22?,27?,28?/m1/s1. The number of methoxy groups -OCH3 is 1. The van der Waals surface area contributed by atoms with Gasteiger partial charge in [-0.2, -0.15) is 0 Å². The Balaban J connectivity index is 2.16. The molecule has 32 heavy (non-hydrogen) atoms. The molecule has 5 atom stereocenters. The molecule has 174 valence electrons. The summed E-state index contributed by atoms with van der Waals surface area (Å²) in [7, 11) is 4.15. The minimum Gasteiger partial charge on any atom is -0.467 e. The first-order valence-corrected chi connectivity index (χ1v) is 12.8. The molecule has 4 unspecified atom stereocenters. The maximum Gasteiger partial charge on any atom is 0.188 e. The highest BCUT2D eigenvalue weighted by Gasteiger charge is 2.59. The highest BCUT2D eigenvalue weighted by Crippen LogP contribution is 2.64. The van der Waals surface area contributed by atoms with E-state index in [-0.39, 0.29) is 17.4 Å². The van der Waals surface area contributed by atoms with Crippen LogP contribution < -0.4 is 10.0 Å². The number of aliphatic imine (C=N–C) groups is 1. The van der Waals surface area contributed by atoms with Crippen molar-refractivity contribution in [3.8, 4) is 5.75 Å². The normalized spacial score (nSPS) is 24.9. The van der Waals surface area contributed by atoms with Gasteiger partial charge in [0.05, 0.1) is 0 Å². The topological polar surface area (TPSA) is 30.8 Å². The summed E-state index contributed by atoms with van der Waals surface area (Å²) in [5.74, 6) is 2.39. The molecule has 0 radical (unpaired) electrons. The fourth-order valence-electron chi connectivity index (χ4n) is 5.42. The predicted molar refractivity (Wildman–Crippen MR) is 140 cm³/mol. The van der Waals surface area contributed by atoms with Gasteiger partial charge in [-0.05, 0) is 36.0 Å². The van der Waals surface area contributed by atoms with Gasteiger partial charge in [-0.15, -0.1) is 0 Å². The molecule has 1 aliphatic rings. The second-order valence-electron chi connectivity index (χ2n) is 9.61. The van der Waals surface area contributed by atoms with E-state index in [1.54, 1.807) is 7.11 Å². The van der Waals surface area contributed by atoms with Crippen molar-refractivity contribution >= 4 is 20.1 Å². The molecule has 0 N–H and O–H groups in total. The third-order valence-electron chi connectivity index (χ3n) is 7.73. The Morgan fingerprint density at radius 3 is 2.53 bits per heavy atom. The lowest BCUT2D eigenvalue weighted by Crippen LogP contribution is -2.23. The first-order valence-electron chi connectivity index (χ1n) is 11.8. The average Bonchev–Trinajstić information content (AvgIpc) is 3.33. The second-order valence-corrected chi connectivity index (χ2v) is 11.5. The van der Waals surface area contributed by atoms with Crippen molar-refractivity contribution in [1.82, 2.24) is 0 Å². The molecule has 0 saturated heterocycles. The van der Waals surface area contributed by atoms with Crippen molar-refractivity contribution in [3.05, 3.63) is 58.7 Å². The van der Waals surface area contributed by atoms with Crippen molar-refractivity contribution in [2.24, 2.45) is 16.8 Å². The monoisotopic (exact) mass is 453 g/mol. The summed E-state index contributed by atoms with van der Waals surface area (Å²) in [5, 5.41) is 1.30. The fourth-order valence-corrected chi connectivity index (χ4v) is 6.98. The third-order valence-corrected chi connectivity index (χ3v) is 9.63. The number of hydrogen-bond acceptors (Lipinski definition) is 3. The zero-order valence-corrected chi connectivity index (χ0v) is 22.1. The van der Waals surface area contributed by atoms with E-state index in [4.69, 9.17) is 9.47 Å². The van der Waals surface area contributed by atoms with E-state index < -0.39 is 0 Å². The van der Waals surface area contributed by atoms with Gasteiger partial charge in [0.2, 0.25) is 0 Å². The van der Waals surface area contributed by atoms with E-state index in [2.05, 4.69) is 82.9 Å². The molecule has 0 amide bonds. The van der Waals surface area contributed by atoms with Crippen LogP contribution in [-0.2, 0) is 15.3 Å². The Kier molecular flexibility index (Phi) is 7.84. The predicted octanol–water partition coefficient (Wildman–Crippen LogP) is 6.59. The summed E-state index contributed by atoms with van der Waals surface area (Å²) in [4.78, 5) is 4.29. The first-order chi connectivity index (χ1) is 15.3. The lowest BCUT2D eigenvalue weighted by Gasteiger charge is -2.34. The van der Waals surface area contributed by atoms with Gasteiger partial charge in [-0.1, -0.05) is 91.6 Å². The van der Waals surface area contributed by atoms with Crippen LogP contribution >= 0.6 is 8.58 Å². The number of nitrogens with zero attached hydrogens (tertiary/aromatic N) is 1. The molecule has 1 aliphatic carbocycles. The summed E-state index contributed by atoms with van der Waals surface area (Å²) in [6, 6.07) is 13.3. The average molecular weight is 454 g/mol. The van der Waals surface area contributed by atoms with Gasteiger partial charge >= 0.3 is 0 Å². The van der Waals surface area contributed by atoms with Gasteiger partial charge in [0.25, 0.3) is 0 Å². The highest BCUT2D eigenvalue weighted by molar-refractivity contribution is 7.48. The Hall–Kier alpha value is -1.70. The Labute approximate surface area is 196 Å². The minimum atomic E-state index is -0.0439. The lowest BCUT2D eigenvalue weighted by molar-refractivity contribution is 0.0488. The van der Waals surface area contributed by atoms with E-state index in [0.29, 0.717) is 20.4 Å². The summed E-state index contributed by atoms with van der Waals surface area (Å²) in [5.41, 5.74) is 5.33. The van der Waals surface area contributed by atoms with Crippen LogP contribution in [0.4, 0.5) is 0 Å². The van der Waals surface area contributed by atoms with E-state index in [1.165, 1.54) is 34.0 Å². The van der Waals surface area contributed by atoms with Crippen LogP contribution in [0, 0.1) is 18.8 Å². The van der Waals surface area contributed by atoms with Gasteiger partial charge in [-0.3, -0.25) is 4.99 Å². The number of aryl methyl sites for hydroxylation is 1. The fraction of sp³-hybridized carbons (Fsp3) is 0.536. The van der Waals surface area contributed by atoms with E-state index in [9.17, 15) is 0 Å². The molecule has 1 saturated carbocycles. The molecule has 0 aromatic heterocycles. The molecule has 2 aromatic carbocycles. The number of hydrogen-bond donors (Lipinski definition) is 0. The lowest BCUT2D eigenvalue weighted by atomic mass is 9.85. The molecule has 0 spiro atoms. The van der Waals surface area contributed by atoms with E-state index in [0.717, 1.165) is 12.2 Å². The molecule has 2 aromatic rings. The second kappa shape index (κ2) is 10.1. The summed E-state index contributed by atoms with van der Waals surface area (Å²) < 4.78 is 11.8. The van der Waals surface area contributed by atoms with Crippen molar-refractivity contribution in [1.29, 1.82) is 0 Å². The zero-order chi connectivity index (χ0) is 23.5. The molecule has 4 heteroatoms. The maximum absolute atomic E-state index is 6.40. The summed E-state index contributed by atoms with van der Waals surface area (Å²) in [6.45, 7) is 14.3. The van der Waals surface area contributed by atoms with Crippen LogP contribution in [-0.4, -0.2) is 27.2 Å². The van der Waals surface area contributed by atoms with Crippen LogP contribution in [0.15, 0.2) is 41.4 Å². The molecule has 0 aliphatic heterocycles. The molecular weight excluding hydrogens is 413 g/mol. The maximum atomic E-state index is 6.40. The van der Waals surface area contributed by atoms with Gasteiger partial charge in [-0.25, -0.2) is 0 Å². The summed E-state index contributed by atoms with van der Waals surface area (Å²) in [6.07, 6.45) is 4.20. The number of ether oxygens (including phenoxy) is 2. The quantitative estimate of drug-likeness (QED) is 0.231. The van der Waals surface area contributed by atoms with Crippen LogP contribution in [0.3, 0.4) is 0 Å². The molecule has 3 rings (SSSR count). The Bertz CT molecular complexity index is 972. The smallest absolute Gasteiger partial charge is 0.188 e. The van der Waals surface area contributed by atoms with Gasteiger partial charge in [0.1, 0.15) is 5.75 Å². The van der Waals surface area contributed by atoms with Crippen molar-refractivity contribution in [3.63, 3.8) is 0 Å². The van der Waals surface area contributed by atoms with Gasteiger partial charge in [0, 0.05) is 42.1 Å². The number of benzene rings is 2. The molecular formula is C28H40NO2P. The number of rotatable bonds is 10. The van der Waals surface area contributed by atoms with Crippen molar-refractivity contribution in [2.45, 2.75) is 65.0 Å². The van der Waals surface area contributed by atoms with E-state index >= 15 is 0 Å². The van der Waals surface area contributed by atoms with Crippen LogP contribution in [0.1, 0.15) is 69.7 Å². The zero-order valence-electron chi connectivity index (χ0n) is 21.1. The Morgan fingerprint density at radius 1 is 1.22 bits per heavy atom. The van der Waals surface area contributed by atoms with Gasteiger partial charge < -0.3 is 9.47 Å². The molecule has 3 nitrogen and oxygen atoms in total.